The maximum Gasteiger partial charge on any atom is 0.334 e. The fourth-order valence-corrected chi connectivity index (χ4v) is 5.93. The number of carbonyl (C=O) groups is 1. The van der Waals surface area contributed by atoms with Gasteiger partial charge in [0.25, 0.3) is 0 Å². The molecule has 0 radical (unpaired) electrons. The Morgan fingerprint density at radius 3 is 2.48 bits per heavy atom. The smallest absolute Gasteiger partial charge is 0.334 e. The van der Waals surface area contributed by atoms with Gasteiger partial charge in [-0.15, -0.1) is 23.7 Å². The zero-order valence-electron chi connectivity index (χ0n) is 17.9. The molecule has 2 aromatic rings. The van der Waals surface area contributed by atoms with Crippen LogP contribution >= 0.6 is 35.3 Å². The summed E-state index contributed by atoms with van der Waals surface area (Å²) in [7, 11) is 0. The Balaban J connectivity index is 0.00000272. The van der Waals surface area contributed by atoms with E-state index in [2.05, 4.69) is 18.7 Å². The van der Waals surface area contributed by atoms with Crippen LogP contribution < -0.4 is 0 Å². The summed E-state index contributed by atoms with van der Waals surface area (Å²) in [5.41, 5.74) is 2.35. The normalized spacial score (nSPS) is 26.9. The van der Waals surface area contributed by atoms with Crippen LogP contribution in [0.2, 0.25) is 5.02 Å². The van der Waals surface area contributed by atoms with Crippen LogP contribution in [0.1, 0.15) is 52.7 Å². The van der Waals surface area contributed by atoms with Gasteiger partial charge in [0.1, 0.15) is 0 Å². The fraction of sp³-hybridized carbons (Fsp3) is 0.565. The molecule has 2 atom stereocenters. The average molecular weight is 485 g/mol. The molecule has 2 aliphatic rings. The van der Waals surface area contributed by atoms with Gasteiger partial charge in [-0.3, -0.25) is 4.90 Å². The Morgan fingerprint density at radius 1 is 1.23 bits per heavy atom. The van der Waals surface area contributed by atoms with Crippen molar-refractivity contribution >= 4 is 41.3 Å². The van der Waals surface area contributed by atoms with Gasteiger partial charge in [0.15, 0.2) is 6.10 Å². The first kappa shape index (κ1) is 24.5. The zero-order valence-corrected chi connectivity index (χ0v) is 20.3. The topological polar surface area (TPSA) is 62.7 Å². The number of aromatic nitrogens is 1. The van der Waals surface area contributed by atoms with E-state index in [1.54, 1.807) is 0 Å². The highest BCUT2D eigenvalue weighted by molar-refractivity contribution is 7.11. The largest absolute Gasteiger partial charge is 0.479 e. The highest BCUT2D eigenvalue weighted by Crippen LogP contribution is 2.38. The van der Waals surface area contributed by atoms with Crippen molar-refractivity contribution in [2.75, 3.05) is 13.2 Å². The molecule has 0 unspecified atom stereocenters. The maximum absolute atomic E-state index is 11.6. The van der Waals surface area contributed by atoms with Crippen LogP contribution in [0, 0.1) is 13.8 Å². The number of morpholine rings is 1. The lowest BCUT2D eigenvalue weighted by Gasteiger charge is -2.45. The van der Waals surface area contributed by atoms with Crippen molar-refractivity contribution in [2.24, 2.45) is 0 Å². The molecule has 1 aromatic carbocycles. The van der Waals surface area contributed by atoms with Crippen LogP contribution in [0.3, 0.4) is 0 Å². The van der Waals surface area contributed by atoms with Crippen LogP contribution in [-0.2, 0) is 16.0 Å². The summed E-state index contributed by atoms with van der Waals surface area (Å²) < 4.78 is 5.70. The second kappa shape index (κ2) is 10.6. The molecule has 1 aliphatic heterocycles. The number of halogens is 2. The van der Waals surface area contributed by atoms with E-state index >= 15 is 0 Å². The van der Waals surface area contributed by atoms with E-state index in [1.165, 1.54) is 15.4 Å². The second-order valence-electron chi connectivity index (χ2n) is 8.54. The van der Waals surface area contributed by atoms with Crippen LogP contribution in [0.25, 0.3) is 0 Å². The Bertz CT molecular complexity index is 862. The maximum atomic E-state index is 11.6. The van der Waals surface area contributed by atoms with Crippen molar-refractivity contribution in [1.29, 1.82) is 0 Å². The summed E-state index contributed by atoms with van der Waals surface area (Å²) in [5, 5.41) is 11.5. The molecule has 2 heterocycles. The predicted molar refractivity (Wildman–Crippen MR) is 127 cm³/mol. The van der Waals surface area contributed by atoms with E-state index in [4.69, 9.17) is 21.3 Å². The number of aliphatic carboxylic acids is 1. The molecule has 0 bridgehead atoms. The number of carboxylic acids is 1. The van der Waals surface area contributed by atoms with Gasteiger partial charge in [0.2, 0.25) is 0 Å². The van der Waals surface area contributed by atoms with Crippen molar-refractivity contribution in [3.8, 4) is 0 Å². The van der Waals surface area contributed by atoms with Crippen molar-refractivity contribution < 1.29 is 14.6 Å². The first-order valence-electron chi connectivity index (χ1n) is 10.7. The van der Waals surface area contributed by atoms with Gasteiger partial charge in [0.05, 0.1) is 17.3 Å². The highest BCUT2D eigenvalue weighted by Gasteiger charge is 2.38. The number of hydrogen-bond acceptors (Lipinski definition) is 5. The Kier molecular flexibility index (Phi) is 8.38. The van der Waals surface area contributed by atoms with Crippen molar-refractivity contribution in [3.63, 3.8) is 0 Å². The number of hydrogen-bond donors (Lipinski definition) is 1. The molecule has 0 spiro atoms. The van der Waals surface area contributed by atoms with Crippen LogP contribution in [0.15, 0.2) is 24.3 Å². The molecule has 1 saturated carbocycles. The van der Waals surface area contributed by atoms with E-state index in [1.807, 2.05) is 35.6 Å². The van der Waals surface area contributed by atoms with Crippen LogP contribution in [-0.4, -0.2) is 52.3 Å². The summed E-state index contributed by atoms with van der Waals surface area (Å²) in [6, 6.07) is 8.50. The molecule has 5 nitrogen and oxygen atoms in total. The molecule has 2 fully saturated rings. The molecule has 1 aliphatic carbocycles. The third-order valence-corrected chi connectivity index (χ3v) is 8.04. The van der Waals surface area contributed by atoms with Gasteiger partial charge in [-0.05, 0) is 63.6 Å². The SMILES string of the molecule is Cc1nc(C2CCC(N3C[C@H](C(=O)O)OC[C@@H]3Cc3ccc(Cl)cc3)CC2)sc1C.Cl. The quantitative estimate of drug-likeness (QED) is 0.626. The second-order valence-corrected chi connectivity index (χ2v) is 10.2. The minimum atomic E-state index is -0.868. The lowest BCUT2D eigenvalue weighted by molar-refractivity contribution is -0.162. The van der Waals surface area contributed by atoms with Crippen molar-refractivity contribution in [1.82, 2.24) is 9.88 Å². The third kappa shape index (κ3) is 5.79. The van der Waals surface area contributed by atoms with Gasteiger partial charge in [0, 0.05) is 34.4 Å². The van der Waals surface area contributed by atoms with Gasteiger partial charge >= 0.3 is 5.97 Å². The number of aryl methyl sites for hydroxylation is 2. The number of carboxylic acid groups (broad SMARTS) is 1. The van der Waals surface area contributed by atoms with Gasteiger partial charge in [-0.2, -0.15) is 0 Å². The van der Waals surface area contributed by atoms with E-state index in [0.717, 1.165) is 42.8 Å². The summed E-state index contributed by atoms with van der Waals surface area (Å²) in [6.07, 6.45) is 4.47. The van der Waals surface area contributed by atoms with Crippen molar-refractivity contribution in [2.45, 2.75) is 70.1 Å². The number of ether oxygens (including phenoxy) is 1. The van der Waals surface area contributed by atoms with E-state index in [-0.39, 0.29) is 18.4 Å². The van der Waals surface area contributed by atoms with E-state index < -0.39 is 12.1 Å². The Morgan fingerprint density at radius 2 is 1.90 bits per heavy atom. The highest BCUT2D eigenvalue weighted by atomic mass is 35.5. The molecule has 1 saturated heterocycles. The Labute approximate surface area is 199 Å². The lowest BCUT2D eigenvalue weighted by Crippen LogP contribution is -2.57. The molecule has 1 N–H and O–H groups in total. The van der Waals surface area contributed by atoms with Gasteiger partial charge < -0.3 is 9.84 Å². The Hall–Kier alpha value is -1.18. The standard InChI is InChI=1S/C23H29ClN2O3S.ClH/c1-14-15(2)30-22(25-14)17-5-9-19(10-6-17)26-12-21(23(27)28)29-13-20(26)11-16-3-7-18(24)8-4-16;/h3-4,7-8,17,19-21H,5-6,9-13H2,1-2H3,(H,27,28);1H/t17?,19?,20-,21+;/m0./s1. The number of thiazole rings is 1. The lowest BCUT2D eigenvalue weighted by atomic mass is 9.84. The number of benzene rings is 1. The fourth-order valence-electron chi connectivity index (χ4n) is 4.71. The molecule has 0 amide bonds. The van der Waals surface area contributed by atoms with Crippen LogP contribution in [0.5, 0.6) is 0 Å². The number of rotatable bonds is 5. The minimum Gasteiger partial charge on any atom is -0.479 e. The molecule has 1 aromatic heterocycles. The summed E-state index contributed by atoms with van der Waals surface area (Å²) in [6.45, 7) is 5.13. The number of nitrogens with zero attached hydrogens (tertiary/aromatic N) is 2. The van der Waals surface area contributed by atoms with E-state index in [0.29, 0.717) is 25.1 Å². The molecule has 4 rings (SSSR count). The first-order valence-corrected chi connectivity index (χ1v) is 11.9. The predicted octanol–water partition coefficient (Wildman–Crippen LogP) is 5.26. The average Bonchev–Trinajstić information content (AvgIpc) is 3.08. The molecular formula is C23H30Cl2N2O3S. The van der Waals surface area contributed by atoms with Gasteiger partial charge in [-0.1, -0.05) is 23.7 Å². The minimum absolute atomic E-state index is 0. The van der Waals surface area contributed by atoms with Crippen LogP contribution in [0.4, 0.5) is 0 Å². The summed E-state index contributed by atoms with van der Waals surface area (Å²) in [5.74, 6) is -0.336. The van der Waals surface area contributed by atoms with E-state index in [9.17, 15) is 9.90 Å². The molecule has 31 heavy (non-hydrogen) atoms. The summed E-state index contributed by atoms with van der Waals surface area (Å²) in [4.78, 5) is 20.1. The molecule has 170 valence electrons. The molecular weight excluding hydrogens is 455 g/mol. The monoisotopic (exact) mass is 484 g/mol. The van der Waals surface area contributed by atoms with Crippen molar-refractivity contribution in [3.05, 3.63) is 50.4 Å². The third-order valence-electron chi connectivity index (χ3n) is 6.56. The summed E-state index contributed by atoms with van der Waals surface area (Å²) >= 11 is 7.86. The van der Waals surface area contributed by atoms with Gasteiger partial charge in [-0.25, -0.2) is 9.78 Å². The first-order chi connectivity index (χ1) is 14.4. The zero-order chi connectivity index (χ0) is 21.3. The molecule has 8 heteroatoms.